The van der Waals surface area contributed by atoms with E-state index < -0.39 is 12.0 Å². The molecule has 110 valence electrons. The van der Waals surface area contributed by atoms with E-state index in [1.54, 1.807) is 12.1 Å². The Bertz CT molecular complexity index is 764. The van der Waals surface area contributed by atoms with E-state index >= 15 is 0 Å². The molecule has 0 unspecified atom stereocenters. The zero-order valence-corrected chi connectivity index (χ0v) is 11.8. The summed E-state index contributed by atoms with van der Waals surface area (Å²) in [5.74, 6) is -1.47. The average molecular weight is 288 g/mol. The first-order valence-electron chi connectivity index (χ1n) is 6.49. The number of aliphatic carboxylic acids is 1. The second kappa shape index (κ2) is 5.78. The molecule has 2 rings (SSSR count). The van der Waals surface area contributed by atoms with Crippen LogP contribution in [-0.4, -0.2) is 28.0 Å². The lowest BCUT2D eigenvalue weighted by molar-refractivity contribution is -0.141. The Morgan fingerprint density at radius 1 is 1.33 bits per heavy atom. The molecular weight excluding hydrogens is 272 g/mol. The van der Waals surface area contributed by atoms with Crippen molar-refractivity contribution in [3.05, 3.63) is 45.7 Å². The lowest BCUT2D eigenvalue weighted by Crippen LogP contribution is -2.41. The van der Waals surface area contributed by atoms with Crippen LogP contribution >= 0.6 is 0 Å². The van der Waals surface area contributed by atoms with E-state index in [0.717, 1.165) is 16.5 Å². The average Bonchev–Trinajstić information content (AvgIpc) is 2.38. The standard InChI is InChI=1S/C15H16N2O4/c1-8-5-14(19)17-12-4-3-10(6-11(8)12)7-13(15(20)21)16-9(2)18/h3-6,13H,7H2,1-2H3,(H,16,18)(H,17,19)(H,20,21)/t13-/m0/s1. The van der Waals surface area contributed by atoms with E-state index in [4.69, 9.17) is 5.11 Å². The molecule has 0 aliphatic carbocycles. The number of pyridine rings is 1. The number of aromatic amines is 1. The van der Waals surface area contributed by atoms with Gasteiger partial charge < -0.3 is 15.4 Å². The van der Waals surface area contributed by atoms with Crippen LogP contribution in [0.3, 0.4) is 0 Å². The van der Waals surface area contributed by atoms with Crippen molar-refractivity contribution in [2.75, 3.05) is 0 Å². The van der Waals surface area contributed by atoms with Crippen LogP contribution in [0.4, 0.5) is 0 Å². The Morgan fingerprint density at radius 3 is 2.67 bits per heavy atom. The molecule has 0 saturated heterocycles. The van der Waals surface area contributed by atoms with Gasteiger partial charge in [0.2, 0.25) is 11.5 Å². The van der Waals surface area contributed by atoms with E-state index in [0.29, 0.717) is 5.52 Å². The predicted octanol–water partition coefficient (Wildman–Crippen LogP) is 0.968. The molecule has 0 aliphatic heterocycles. The van der Waals surface area contributed by atoms with Crippen LogP contribution in [0.1, 0.15) is 18.1 Å². The Labute approximate surface area is 120 Å². The number of carboxylic acids is 1. The molecule has 0 aliphatic rings. The molecule has 0 fully saturated rings. The van der Waals surface area contributed by atoms with Gasteiger partial charge in [-0.15, -0.1) is 0 Å². The molecule has 1 aromatic heterocycles. The van der Waals surface area contributed by atoms with E-state index in [2.05, 4.69) is 10.3 Å². The molecule has 6 nitrogen and oxygen atoms in total. The molecule has 0 radical (unpaired) electrons. The van der Waals surface area contributed by atoms with Gasteiger partial charge in [-0.3, -0.25) is 9.59 Å². The van der Waals surface area contributed by atoms with E-state index in [9.17, 15) is 14.4 Å². The van der Waals surface area contributed by atoms with Crippen molar-refractivity contribution in [3.63, 3.8) is 0 Å². The van der Waals surface area contributed by atoms with Gasteiger partial charge in [0.1, 0.15) is 6.04 Å². The Kier molecular flexibility index (Phi) is 4.07. The third-order valence-electron chi connectivity index (χ3n) is 3.23. The molecule has 1 amide bonds. The maximum Gasteiger partial charge on any atom is 0.326 e. The van der Waals surface area contributed by atoms with Gasteiger partial charge in [-0.05, 0) is 30.2 Å². The Balaban J connectivity index is 2.36. The predicted molar refractivity (Wildman–Crippen MR) is 78.3 cm³/mol. The maximum absolute atomic E-state index is 11.4. The molecule has 6 heteroatoms. The minimum atomic E-state index is -1.08. The van der Waals surface area contributed by atoms with Gasteiger partial charge in [0.05, 0.1) is 0 Å². The van der Waals surface area contributed by atoms with Crippen molar-refractivity contribution in [1.29, 1.82) is 0 Å². The number of hydrogen-bond acceptors (Lipinski definition) is 3. The fourth-order valence-electron chi connectivity index (χ4n) is 2.28. The first-order chi connectivity index (χ1) is 9.86. The number of rotatable bonds is 4. The second-order valence-corrected chi connectivity index (χ2v) is 4.99. The van der Waals surface area contributed by atoms with Gasteiger partial charge in [0, 0.05) is 30.3 Å². The zero-order chi connectivity index (χ0) is 15.6. The molecule has 21 heavy (non-hydrogen) atoms. The Hall–Kier alpha value is -2.63. The molecular formula is C15H16N2O4. The number of aromatic nitrogens is 1. The van der Waals surface area contributed by atoms with Crippen molar-refractivity contribution in [2.45, 2.75) is 26.3 Å². The number of hydrogen-bond donors (Lipinski definition) is 3. The number of nitrogens with one attached hydrogen (secondary N) is 2. The van der Waals surface area contributed by atoms with Crippen LogP contribution in [0, 0.1) is 6.92 Å². The molecule has 1 atom stereocenters. The van der Waals surface area contributed by atoms with Gasteiger partial charge in [0.15, 0.2) is 0 Å². The van der Waals surface area contributed by atoms with Crippen molar-refractivity contribution in [3.8, 4) is 0 Å². The molecule has 0 spiro atoms. The summed E-state index contributed by atoms with van der Waals surface area (Å²) in [5, 5.41) is 12.4. The van der Waals surface area contributed by atoms with Gasteiger partial charge >= 0.3 is 5.97 Å². The molecule has 3 N–H and O–H groups in total. The highest BCUT2D eigenvalue weighted by Crippen LogP contribution is 2.17. The van der Waals surface area contributed by atoms with Crippen molar-refractivity contribution < 1.29 is 14.7 Å². The smallest absolute Gasteiger partial charge is 0.326 e. The first kappa shape index (κ1) is 14.8. The van der Waals surface area contributed by atoms with Gasteiger partial charge in [-0.1, -0.05) is 6.07 Å². The summed E-state index contributed by atoms with van der Waals surface area (Å²) in [6, 6.07) is 5.84. The van der Waals surface area contributed by atoms with Gasteiger partial charge in [-0.25, -0.2) is 4.79 Å². The van der Waals surface area contributed by atoms with Crippen LogP contribution in [0.15, 0.2) is 29.1 Å². The van der Waals surface area contributed by atoms with Crippen molar-refractivity contribution >= 4 is 22.8 Å². The highest BCUT2D eigenvalue weighted by molar-refractivity contribution is 5.84. The number of carbonyl (C=O) groups is 2. The molecule has 1 aromatic carbocycles. The lowest BCUT2D eigenvalue weighted by Gasteiger charge is -2.14. The molecule has 0 saturated carbocycles. The number of amides is 1. The summed E-state index contributed by atoms with van der Waals surface area (Å²) in [5.41, 5.74) is 2.13. The normalized spacial score (nSPS) is 12.1. The fourth-order valence-corrected chi connectivity index (χ4v) is 2.28. The number of benzene rings is 1. The summed E-state index contributed by atoms with van der Waals surface area (Å²) in [6.45, 7) is 3.11. The quantitative estimate of drug-likeness (QED) is 0.780. The number of carboxylic acid groups (broad SMARTS) is 1. The second-order valence-electron chi connectivity index (χ2n) is 4.99. The summed E-state index contributed by atoms with van der Waals surface area (Å²) >= 11 is 0. The minimum absolute atomic E-state index is 0.172. The lowest BCUT2D eigenvalue weighted by atomic mass is 10.0. The molecule has 0 bridgehead atoms. The van der Waals surface area contributed by atoms with Crippen LogP contribution < -0.4 is 10.9 Å². The fraction of sp³-hybridized carbons (Fsp3) is 0.267. The Morgan fingerprint density at radius 2 is 2.05 bits per heavy atom. The highest BCUT2D eigenvalue weighted by atomic mass is 16.4. The third kappa shape index (κ3) is 3.47. The van der Waals surface area contributed by atoms with Gasteiger partial charge in [0.25, 0.3) is 0 Å². The van der Waals surface area contributed by atoms with Crippen LogP contribution in [0.25, 0.3) is 10.9 Å². The topological polar surface area (TPSA) is 99.3 Å². The molecule has 2 aromatic rings. The van der Waals surface area contributed by atoms with Crippen LogP contribution in [0.5, 0.6) is 0 Å². The monoisotopic (exact) mass is 288 g/mol. The zero-order valence-electron chi connectivity index (χ0n) is 11.8. The van der Waals surface area contributed by atoms with Crippen molar-refractivity contribution in [2.24, 2.45) is 0 Å². The van der Waals surface area contributed by atoms with Crippen LogP contribution in [0.2, 0.25) is 0 Å². The third-order valence-corrected chi connectivity index (χ3v) is 3.23. The number of fused-ring (bicyclic) bond motifs is 1. The number of aryl methyl sites for hydroxylation is 1. The largest absolute Gasteiger partial charge is 0.480 e. The van der Waals surface area contributed by atoms with E-state index in [1.165, 1.54) is 13.0 Å². The van der Waals surface area contributed by atoms with E-state index in [1.807, 2.05) is 13.0 Å². The summed E-state index contributed by atoms with van der Waals surface area (Å²) in [4.78, 5) is 36.3. The minimum Gasteiger partial charge on any atom is -0.480 e. The summed E-state index contributed by atoms with van der Waals surface area (Å²) in [7, 11) is 0. The van der Waals surface area contributed by atoms with Gasteiger partial charge in [-0.2, -0.15) is 0 Å². The first-order valence-corrected chi connectivity index (χ1v) is 6.49. The van der Waals surface area contributed by atoms with E-state index in [-0.39, 0.29) is 17.9 Å². The SMILES string of the molecule is CC(=O)N[C@@H](Cc1ccc2[nH]c(=O)cc(C)c2c1)C(=O)O. The highest BCUT2D eigenvalue weighted by Gasteiger charge is 2.19. The van der Waals surface area contributed by atoms with Crippen LogP contribution in [-0.2, 0) is 16.0 Å². The number of H-pyrrole nitrogens is 1. The number of carbonyl (C=O) groups excluding carboxylic acids is 1. The summed E-state index contributed by atoms with van der Waals surface area (Å²) in [6.07, 6.45) is 0.184. The summed E-state index contributed by atoms with van der Waals surface area (Å²) < 4.78 is 0. The molecule has 1 heterocycles. The maximum atomic E-state index is 11.4. The van der Waals surface area contributed by atoms with Crippen molar-refractivity contribution in [1.82, 2.24) is 10.3 Å².